The fourth-order valence-corrected chi connectivity index (χ4v) is 6.50. The average Bonchev–Trinajstić information content (AvgIpc) is 3.33. The summed E-state index contributed by atoms with van der Waals surface area (Å²) in [6.07, 6.45) is 2.33. The van der Waals surface area contributed by atoms with Crippen molar-refractivity contribution in [2.24, 2.45) is 0 Å². The van der Waals surface area contributed by atoms with E-state index in [1.165, 1.54) is 62.1 Å². The Hall–Kier alpha value is -3.12. The minimum absolute atomic E-state index is 0.145. The van der Waals surface area contributed by atoms with Crippen LogP contribution in [0.1, 0.15) is 99.6 Å². The molecule has 2 aliphatic carbocycles. The summed E-state index contributed by atoms with van der Waals surface area (Å²) in [5.41, 5.74) is 14.9. The van der Waals surface area contributed by atoms with Gasteiger partial charge in [-0.2, -0.15) is 0 Å². The third kappa shape index (κ3) is 3.74. The average molecular weight is 471 g/mol. The van der Waals surface area contributed by atoms with E-state index in [1.807, 2.05) is 0 Å². The maximum Gasteiger partial charge on any atom is 0.0102 e. The highest BCUT2D eigenvalue weighted by atomic mass is 14.4. The number of hydrogen-bond donors (Lipinski definition) is 0. The molecule has 0 amide bonds. The van der Waals surface area contributed by atoms with Crippen LogP contribution in [0.3, 0.4) is 0 Å². The molecule has 2 aliphatic rings. The summed E-state index contributed by atoms with van der Waals surface area (Å²) < 4.78 is 0. The molecule has 0 N–H and O–H groups in total. The van der Waals surface area contributed by atoms with Crippen molar-refractivity contribution in [2.45, 2.75) is 77.0 Å². The number of rotatable bonds is 3. The SMILES string of the molecule is CC(C)(C)c1ccc2c(c1)-c1cc(C(C)(C)C)ccc1C2CCC1c2ccccc2-c2ccccc21. The molecule has 0 spiro atoms. The molecule has 0 bridgehead atoms. The number of fused-ring (bicyclic) bond motifs is 6. The lowest BCUT2D eigenvalue weighted by atomic mass is 9.82. The van der Waals surface area contributed by atoms with Crippen LogP contribution in [0, 0.1) is 0 Å². The van der Waals surface area contributed by atoms with E-state index >= 15 is 0 Å². The number of hydrogen-bond acceptors (Lipinski definition) is 0. The molecule has 0 nitrogen and oxygen atoms in total. The topological polar surface area (TPSA) is 0 Å². The minimum atomic E-state index is 0.145. The van der Waals surface area contributed by atoms with Crippen molar-refractivity contribution in [1.29, 1.82) is 0 Å². The fraction of sp³-hybridized carbons (Fsp3) is 0.333. The Bertz CT molecular complexity index is 1350. The second kappa shape index (κ2) is 8.20. The highest BCUT2D eigenvalue weighted by Crippen LogP contribution is 2.52. The Balaban J connectivity index is 1.41. The molecular weight excluding hydrogens is 432 g/mol. The summed E-state index contributed by atoms with van der Waals surface area (Å²) in [6.45, 7) is 13.9. The van der Waals surface area contributed by atoms with E-state index in [0.717, 1.165) is 6.42 Å². The summed E-state index contributed by atoms with van der Waals surface area (Å²) in [4.78, 5) is 0. The second-order valence-electron chi connectivity index (χ2n) is 13.0. The standard InChI is InChI=1S/C36H38/c1-35(2,3)23-15-17-31-30(32-18-16-24(36(4,5)6)22-34(32)33(31)21-23)20-19-29-27-13-9-7-11-25(27)26-12-8-10-14-28(26)29/h7-18,21-22,29-30H,19-20H2,1-6H3. The van der Waals surface area contributed by atoms with Gasteiger partial charge in [0.25, 0.3) is 0 Å². The largest absolute Gasteiger partial charge is 0.0619 e. The molecule has 0 unspecified atom stereocenters. The molecule has 6 rings (SSSR count). The van der Waals surface area contributed by atoms with Crippen LogP contribution in [-0.4, -0.2) is 0 Å². The van der Waals surface area contributed by atoms with Crippen LogP contribution < -0.4 is 0 Å². The van der Waals surface area contributed by atoms with E-state index in [2.05, 4.69) is 126 Å². The molecule has 0 radical (unpaired) electrons. The van der Waals surface area contributed by atoms with Crippen molar-refractivity contribution in [1.82, 2.24) is 0 Å². The van der Waals surface area contributed by atoms with E-state index in [0.29, 0.717) is 11.8 Å². The van der Waals surface area contributed by atoms with Crippen LogP contribution in [0.25, 0.3) is 22.3 Å². The highest BCUT2D eigenvalue weighted by molar-refractivity contribution is 5.81. The molecule has 182 valence electrons. The smallest absolute Gasteiger partial charge is 0.0102 e. The lowest BCUT2D eigenvalue weighted by Crippen LogP contribution is -2.11. The molecular formula is C36H38. The Morgan fingerprint density at radius 1 is 0.444 bits per heavy atom. The van der Waals surface area contributed by atoms with Gasteiger partial charge in [0, 0.05) is 11.8 Å². The monoisotopic (exact) mass is 470 g/mol. The first kappa shape index (κ1) is 23.3. The molecule has 0 aliphatic heterocycles. The van der Waals surface area contributed by atoms with Crippen molar-refractivity contribution >= 4 is 0 Å². The second-order valence-corrected chi connectivity index (χ2v) is 13.0. The van der Waals surface area contributed by atoms with E-state index in [9.17, 15) is 0 Å². The van der Waals surface area contributed by atoms with Crippen molar-refractivity contribution in [3.8, 4) is 22.3 Å². The lowest BCUT2D eigenvalue weighted by Gasteiger charge is -2.21. The molecule has 0 atom stereocenters. The lowest BCUT2D eigenvalue weighted by molar-refractivity contribution is 0.589. The van der Waals surface area contributed by atoms with Crippen LogP contribution >= 0.6 is 0 Å². The van der Waals surface area contributed by atoms with Crippen molar-refractivity contribution < 1.29 is 0 Å². The Morgan fingerprint density at radius 2 is 0.806 bits per heavy atom. The van der Waals surface area contributed by atoms with Crippen molar-refractivity contribution in [3.05, 3.63) is 118 Å². The summed E-state index contributed by atoms with van der Waals surface area (Å²) in [6, 6.07) is 32.7. The Morgan fingerprint density at radius 3 is 1.19 bits per heavy atom. The van der Waals surface area contributed by atoms with Gasteiger partial charge in [-0.1, -0.05) is 126 Å². The fourth-order valence-electron chi connectivity index (χ4n) is 6.50. The third-order valence-electron chi connectivity index (χ3n) is 8.59. The Kier molecular flexibility index (Phi) is 5.31. The molecule has 0 heterocycles. The first-order valence-corrected chi connectivity index (χ1v) is 13.6. The van der Waals surface area contributed by atoms with Gasteiger partial charge in [0.15, 0.2) is 0 Å². The van der Waals surface area contributed by atoms with E-state index in [-0.39, 0.29) is 10.8 Å². The van der Waals surface area contributed by atoms with Gasteiger partial charge in [0.1, 0.15) is 0 Å². The molecule has 0 aromatic heterocycles. The van der Waals surface area contributed by atoms with Crippen molar-refractivity contribution in [2.75, 3.05) is 0 Å². The normalized spacial score (nSPS) is 14.9. The quantitative estimate of drug-likeness (QED) is 0.279. The number of benzene rings is 4. The predicted octanol–water partition coefficient (Wildman–Crippen LogP) is 9.99. The molecule has 0 saturated heterocycles. The predicted molar refractivity (Wildman–Crippen MR) is 154 cm³/mol. The highest BCUT2D eigenvalue weighted by Gasteiger charge is 2.34. The van der Waals surface area contributed by atoms with Crippen LogP contribution in [0.2, 0.25) is 0 Å². The first-order chi connectivity index (χ1) is 17.1. The van der Waals surface area contributed by atoms with Gasteiger partial charge in [-0.25, -0.2) is 0 Å². The maximum absolute atomic E-state index is 2.49. The van der Waals surface area contributed by atoms with Crippen LogP contribution in [0.4, 0.5) is 0 Å². The summed E-state index contributed by atoms with van der Waals surface area (Å²) >= 11 is 0. The molecule has 4 aromatic rings. The van der Waals surface area contributed by atoms with E-state index in [1.54, 1.807) is 0 Å². The van der Waals surface area contributed by atoms with E-state index in [4.69, 9.17) is 0 Å². The Labute approximate surface area is 217 Å². The summed E-state index contributed by atoms with van der Waals surface area (Å²) in [5, 5.41) is 0. The van der Waals surface area contributed by atoms with Crippen molar-refractivity contribution in [3.63, 3.8) is 0 Å². The summed E-state index contributed by atoms with van der Waals surface area (Å²) in [7, 11) is 0. The zero-order valence-corrected chi connectivity index (χ0v) is 22.7. The first-order valence-electron chi connectivity index (χ1n) is 13.6. The zero-order valence-electron chi connectivity index (χ0n) is 22.7. The molecule has 0 heteroatoms. The van der Waals surface area contributed by atoms with Gasteiger partial charge < -0.3 is 0 Å². The third-order valence-corrected chi connectivity index (χ3v) is 8.59. The molecule has 0 fully saturated rings. The van der Waals surface area contributed by atoms with Gasteiger partial charge >= 0.3 is 0 Å². The van der Waals surface area contributed by atoms with E-state index < -0.39 is 0 Å². The summed E-state index contributed by atoms with van der Waals surface area (Å²) in [5.74, 6) is 0.936. The maximum atomic E-state index is 2.49. The minimum Gasteiger partial charge on any atom is -0.0619 e. The van der Waals surface area contributed by atoms with Crippen LogP contribution in [0.5, 0.6) is 0 Å². The van der Waals surface area contributed by atoms with Gasteiger partial charge in [-0.05, 0) is 79.3 Å². The zero-order chi connectivity index (χ0) is 25.2. The van der Waals surface area contributed by atoms with Gasteiger partial charge in [-0.15, -0.1) is 0 Å². The van der Waals surface area contributed by atoms with Gasteiger partial charge in [0.2, 0.25) is 0 Å². The van der Waals surface area contributed by atoms with Gasteiger partial charge in [0.05, 0.1) is 0 Å². The van der Waals surface area contributed by atoms with Gasteiger partial charge in [-0.3, -0.25) is 0 Å². The van der Waals surface area contributed by atoms with Crippen LogP contribution in [0.15, 0.2) is 84.9 Å². The molecule has 0 saturated carbocycles. The molecule has 4 aromatic carbocycles. The van der Waals surface area contributed by atoms with Crippen LogP contribution in [-0.2, 0) is 10.8 Å². The molecule has 36 heavy (non-hydrogen) atoms.